The number of methoxy groups -OCH3 is 1. The van der Waals surface area contributed by atoms with E-state index in [-0.39, 0.29) is 62.6 Å². The van der Waals surface area contributed by atoms with Crippen LogP contribution in [0.3, 0.4) is 0 Å². The van der Waals surface area contributed by atoms with Crippen LogP contribution in [0.25, 0.3) is 10.9 Å². The molecule has 13 heteroatoms. The second-order valence-electron chi connectivity index (χ2n) is 13.7. The minimum absolute atomic E-state index is 0.0348. The van der Waals surface area contributed by atoms with E-state index in [1.807, 2.05) is 60.1 Å². The summed E-state index contributed by atoms with van der Waals surface area (Å²) in [6.45, 7) is 4.43. The van der Waals surface area contributed by atoms with Crippen molar-refractivity contribution < 1.29 is 29.0 Å². The number of piperazine rings is 1. The van der Waals surface area contributed by atoms with E-state index >= 15 is 0 Å². The number of fused-ring (bicyclic) bond motifs is 2. The van der Waals surface area contributed by atoms with Gasteiger partial charge in [-0.15, -0.1) is 6.58 Å². The topological polar surface area (TPSA) is 140 Å². The Morgan fingerprint density at radius 1 is 0.964 bits per heavy atom. The highest BCUT2D eigenvalue weighted by Crippen LogP contribution is 2.32. The SMILES string of the molecule is C=CCN1CC(=O)N2[C@H](Cc3ccc(O)cc3)C(=O)N(Cc3cccc4c(C(=O)Nc5cccc(OC)c5)cn(C)c34)C[C@@H]2N1C(=O)NCc1ccccc1. The van der Waals surface area contributed by atoms with Crippen LogP contribution in [-0.2, 0) is 36.1 Å². The quantitative estimate of drug-likeness (QED) is 0.164. The van der Waals surface area contributed by atoms with Crippen LogP contribution < -0.4 is 15.4 Å². The van der Waals surface area contributed by atoms with Gasteiger partial charge in [-0.3, -0.25) is 14.4 Å². The summed E-state index contributed by atoms with van der Waals surface area (Å²) in [6.07, 6.45) is 2.73. The molecule has 0 unspecified atom stereocenters. The summed E-state index contributed by atoms with van der Waals surface area (Å²) < 4.78 is 7.19. The number of carbonyl (C=O) groups excluding carboxylic acids is 4. The van der Waals surface area contributed by atoms with Crippen molar-refractivity contribution in [1.29, 1.82) is 0 Å². The molecule has 282 valence electrons. The number of nitrogens with one attached hydrogen (secondary N) is 2. The lowest BCUT2D eigenvalue weighted by Crippen LogP contribution is -2.76. The predicted molar refractivity (Wildman–Crippen MR) is 208 cm³/mol. The van der Waals surface area contributed by atoms with Crippen molar-refractivity contribution >= 4 is 40.3 Å². The Kier molecular flexibility index (Phi) is 10.5. The molecule has 7 rings (SSSR count). The van der Waals surface area contributed by atoms with Crippen molar-refractivity contribution in [3.63, 3.8) is 0 Å². The maximum Gasteiger partial charge on any atom is 0.334 e. The van der Waals surface area contributed by atoms with E-state index in [1.165, 1.54) is 4.90 Å². The molecule has 3 heterocycles. The Morgan fingerprint density at radius 3 is 2.47 bits per heavy atom. The van der Waals surface area contributed by atoms with Gasteiger partial charge in [0.25, 0.3) is 5.91 Å². The minimum atomic E-state index is -0.942. The summed E-state index contributed by atoms with van der Waals surface area (Å²) in [5.74, 6) is -0.157. The van der Waals surface area contributed by atoms with Crippen LogP contribution in [-0.4, -0.2) is 92.2 Å². The molecule has 5 aromatic rings. The molecule has 0 aliphatic carbocycles. The molecule has 2 aliphatic heterocycles. The smallest absolute Gasteiger partial charge is 0.334 e. The normalized spacial score (nSPS) is 17.2. The summed E-state index contributed by atoms with van der Waals surface area (Å²) in [6, 6.07) is 27.5. The molecule has 1 aromatic heterocycles. The predicted octanol–water partition coefficient (Wildman–Crippen LogP) is 4.88. The van der Waals surface area contributed by atoms with Crippen molar-refractivity contribution in [2.45, 2.75) is 31.7 Å². The summed E-state index contributed by atoms with van der Waals surface area (Å²) in [7, 11) is 3.42. The summed E-state index contributed by atoms with van der Waals surface area (Å²) >= 11 is 0. The molecule has 2 saturated heterocycles. The van der Waals surface area contributed by atoms with Gasteiger partial charge in [-0.05, 0) is 41.0 Å². The van der Waals surface area contributed by atoms with E-state index in [2.05, 4.69) is 17.2 Å². The number of urea groups is 1. The fraction of sp³-hybridized carbons (Fsp3) is 0.238. The van der Waals surface area contributed by atoms with E-state index in [4.69, 9.17) is 4.74 Å². The molecule has 0 spiro atoms. The van der Waals surface area contributed by atoms with Crippen LogP contribution in [0.4, 0.5) is 10.5 Å². The summed E-state index contributed by atoms with van der Waals surface area (Å²) in [4.78, 5) is 59.6. The van der Waals surface area contributed by atoms with Gasteiger partial charge in [0, 0.05) is 56.4 Å². The molecule has 0 radical (unpaired) electrons. The average Bonchev–Trinajstić information content (AvgIpc) is 3.54. The number of anilines is 1. The fourth-order valence-corrected chi connectivity index (χ4v) is 7.52. The molecule has 5 amide bonds. The third kappa shape index (κ3) is 7.60. The first-order chi connectivity index (χ1) is 26.6. The van der Waals surface area contributed by atoms with Crippen molar-refractivity contribution in [2.24, 2.45) is 7.05 Å². The lowest BCUT2D eigenvalue weighted by Gasteiger charge is -2.55. The average molecular weight is 742 g/mol. The number of ether oxygens (including phenoxy) is 1. The van der Waals surface area contributed by atoms with Crippen LogP contribution in [0.1, 0.15) is 27.0 Å². The molecule has 55 heavy (non-hydrogen) atoms. The number of aromatic nitrogens is 1. The number of hydrazine groups is 1. The van der Waals surface area contributed by atoms with E-state index in [1.54, 1.807) is 82.8 Å². The number of hydrogen-bond acceptors (Lipinski definition) is 7. The Morgan fingerprint density at radius 2 is 1.73 bits per heavy atom. The zero-order valence-corrected chi connectivity index (χ0v) is 30.7. The Bertz CT molecular complexity index is 2240. The first-order valence-electron chi connectivity index (χ1n) is 18.0. The van der Waals surface area contributed by atoms with Crippen LogP contribution in [0, 0.1) is 0 Å². The second-order valence-corrected chi connectivity index (χ2v) is 13.7. The second kappa shape index (κ2) is 15.8. The Labute approximate surface area is 319 Å². The number of rotatable bonds is 11. The fourth-order valence-electron chi connectivity index (χ4n) is 7.52. The number of para-hydroxylation sites is 1. The molecule has 0 saturated carbocycles. The Hall–Kier alpha value is -6.60. The highest BCUT2D eigenvalue weighted by molar-refractivity contribution is 6.13. The van der Waals surface area contributed by atoms with Gasteiger partial charge in [-0.2, -0.15) is 0 Å². The maximum atomic E-state index is 14.6. The first-order valence-corrected chi connectivity index (χ1v) is 18.0. The minimum Gasteiger partial charge on any atom is -0.508 e. The van der Waals surface area contributed by atoms with E-state index in [9.17, 15) is 24.3 Å². The molecule has 4 aromatic carbocycles. The van der Waals surface area contributed by atoms with Gasteiger partial charge in [0.15, 0.2) is 0 Å². The Balaban J connectivity index is 1.23. The van der Waals surface area contributed by atoms with Gasteiger partial charge in [-0.1, -0.05) is 72.8 Å². The number of nitrogens with zero attached hydrogens (tertiary/aromatic N) is 5. The van der Waals surface area contributed by atoms with E-state index in [0.29, 0.717) is 22.4 Å². The van der Waals surface area contributed by atoms with Crippen molar-refractivity contribution in [2.75, 3.05) is 32.1 Å². The third-order valence-electron chi connectivity index (χ3n) is 10.0. The van der Waals surface area contributed by atoms with Crippen LogP contribution in [0.5, 0.6) is 11.5 Å². The van der Waals surface area contributed by atoms with Crippen LogP contribution in [0.2, 0.25) is 0 Å². The number of benzene rings is 4. The number of carbonyl (C=O) groups is 4. The van der Waals surface area contributed by atoms with Gasteiger partial charge in [-0.25, -0.2) is 14.8 Å². The van der Waals surface area contributed by atoms with Gasteiger partial charge in [0.05, 0.1) is 31.3 Å². The zero-order valence-electron chi connectivity index (χ0n) is 30.7. The van der Waals surface area contributed by atoms with Crippen molar-refractivity contribution in [3.8, 4) is 11.5 Å². The molecular weight excluding hydrogens is 699 g/mol. The number of amides is 5. The molecule has 0 bridgehead atoms. The molecule has 2 fully saturated rings. The lowest BCUT2D eigenvalue weighted by molar-refractivity contribution is -0.189. The van der Waals surface area contributed by atoms with E-state index < -0.39 is 18.2 Å². The largest absolute Gasteiger partial charge is 0.508 e. The highest BCUT2D eigenvalue weighted by atomic mass is 16.5. The summed E-state index contributed by atoms with van der Waals surface area (Å²) in [5, 5.41) is 19.8. The first kappa shape index (κ1) is 36.7. The molecule has 2 atom stereocenters. The lowest BCUT2D eigenvalue weighted by atomic mass is 9.98. The van der Waals surface area contributed by atoms with Crippen molar-refractivity contribution in [1.82, 2.24) is 29.7 Å². The standard InChI is InChI=1S/C42H43N7O6/c1-4-20-47-27-38(51)48-36(21-28-16-18-32(50)19-17-28)41(53)46(26-37(48)49(47)42(54)43-23-29-10-6-5-7-11-29)24-30-12-8-15-34-35(25-45(2)39(30)34)40(52)44-31-13-9-14-33(22-31)55-3/h4-19,22,25,36-37,50H,1,20-21,23-24,26-27H2,2-3H3,(H,43,54)(H,44,52)/t36-,37+/m1/s1. The van der Waals surface area contributed by atoms with E-state index in [0.717, 1.165) is 22.2 Å². The van der Waals surface area contributed by atoms with Crippen molar-refractivity contribution in [3.05, 3.63) is 138 Å². The monoisotopic (exact) mass is 741 g/mol. The number of aryl methyl sites for hydroxylation is 1. The maximum absolute atomic E-state index is 14.6. The van der Waals surface area contributed by atoms with Gasteiger partial charge >= 0.3 is 6.03 Å². The van der Waals surface area contributed by atoms with Crippen LogP contribution >= 0.6 is 0 Å². The third-order valence-corrected chi connectivity index (χ3v) is 10.0. The van der Waals surface area contributed by atoms with Gasteiger partial charge in [0.1, 0.15) is 23.7 Å². The molecule has 13 nitrogen and oxygen atoms in total. The number of aromatic hydroxyl groups is 1. The number of phenolic OH excluding ortho intramolecular Hbond substituents is 1. The molecular formula is C42H43N7O6. The molecule has 3 N–H and O–H groups in total. The summed E-state index contributed by atoms with van der Waals surface area (Å²) in [5.41, 5.74) is 4.27. The van der Waals surface area contributed by atoms with Gasteiger partial charge in [0.2, 0.25) is 11.8 Å². The number of phenols is 1. The molecule has 2 aliphatic rings. The highest BCUT2D eigenvalue weighted by Gasteiger charge is 2.51. The van der Waals surface area contributed by atoms with Gasteiger partial charge < -0.3 is 34.8 Å². The van der Waals surface area contributed by atoms with Crippen LogP contribution in [0.15, 0.2) is 116 Å². The number of hydrogen-bond donors (Lipinski definition) is 3. The zero-order chi connectivity index (χ0) is 38.6.